The number of aryl methyl sites for hydroxylation is 1. The number of terminal acetylenes is 1. The summed E-state index contributed by atoms with van der Waals surface area (Å²) in [6.45, 7) is 8.00. The van der Waals surface area contributed by atoms with Crippen LogP contribution in [0.5, 0.6) is 0 Å². The minimum atomic E-state index is 0.567. The molecule has 1 aliphatic rings. The van der Waals surface area contributed by atoms with Crippen LogP contribution in [0, 0.1) is 12.3 Å². The highest BCUT2D eigenvalue weighted by molar-refractivity contribution is 7.97. The Hall–Kier alpha value is -2.27. The Morgan fingerprint density at radius 3 is 2.45 bits per heavy atom. The van der Waals surface area contributed by atoms with Crippen LogP contribution in [0.15, 0.2) is 24.3 Å². The van der Waals surface area contributed by atoms with Gasteiger partial charge in [-0.05, 0) is 43.4 Å². The summed E-state index contributed by atoms with van der Waals surface area (Å²) in [5.41, 5.74) is 4.26. The predicted molar refractivity (Wildman–Crippen MR) is 137 cm³/mol. The molecule has 31 heavy (non-hydrogen) atoms. The molecule has 5 nitrogen and oxygen atoms in total. The number of halogens is 1. The molecule has 1 amide bonds. The third-order valence-corrected chi connectivity index (χ3v) is 5.26. The number of hydrogen-bond donors (Lipinski definition) is 1. The smallest absolute Gasteiger partial charge is 0.213 e. The number of nitrogens with one attached hydrogen (secondary N) is 1. The van der Waals surface area contributed by atoms with Crippen molar-refractivity contribution in [3.05, 3.63) is 46.2 Å². The van der Waals surface area contributed by atoms with E-state index in [1.807, 2.05) is 64.5 Å². The number of nitrogens with zero attached hydrogens (tertiary/aromatic N) is 3. The van der Waals surface area contributed by atoms with Crippen LogP contribution in [-0.2, 0) is 17.6 Å². The first kappa shape index (κ1) is 26.8. The van der Waals surface area contributed by atoms with E-state index in [2.05, 4.69) is 21.3 Å². The molecular formula is C23H29ClN4OS2. The number of benzene rings is 1. The molecule has 3 aromatic rings. The van der Waals surface area contributed by atoms with Gasteiger partial charge in [0.25, 0.3) is 0 Å². The van der Waals surface area contributed by atoms with E-state index >= 15 is 0 Å². The van der Waals surface area contributed by atoms with E-state index in [1.54, 1.807) is 16.4 Å². The molecule has 0 spiro atoms. The van der Waals surface area contributed by atoms with E-state index in [1.165, 1.54) is 11.3 Å². The number of fused-ring (bicyclic) bond motifs is 3. The van der Waals surface area contributed by atoms with Crippen molar-refractivity contribution in [2.75, 3.05) is 17.8 Å². The number of amides is 1. The molecule has 2 heterocycles. The molecule has 4 rings (SSSR count). The highest BCUT2D eigenvalue weighted by Gasteiger charge is 2.29. The number of hydrogen-bond acceptors (Lipinski definition) is 5. The van der Waals surface area contributed by atoms with Crippen LogP contribution in [-0.4, -0.2) is 33.7 Å². The zero-order valence-corrected chi connectivity index (χ0v) is 21.2. The first-order valence-corrected chi connectivity index (χ1v) is 12.9. The van der Waals surface area contributed by atoms with Crippen molar-refractivity contribution in [1.29, 1.82) is 0 Å². The van der Waals surface area contributed by atoms with Crippen molar-refractivity contribution < 1.29 is 4.79 Å². The fourth-order valence-electron chi connectivity index (χ4n) is 2.90. The summed E-state index contributed by atoms with van der Waals surface area (Å²) in [5, 5.41) is 8.36. The third kappa shape index (κ3) is 6.13. The van der Waals surface area contributed by atoms with Gasteiger partial charge in [-0.3, -0.25) is 4.79 Å². The number of rotatable bonds is 3. The molecule has 1 N–H and O–H groups in total. The average Bonchev–Trinajstić information content (AvgIpc) is 3.38. The molecule has 0 saturated heterocycles. The Balaban J connectivity index is 0.000000620. The molecule has 0 unspecified atom stereocenters. The van der Waals surface area contributed by atoms with Gasteiger partial charge >= 0.3 is 0 Å². The molecule has 0 bridgehead atoms. The van der Waals surface area contributed by atoms with Crippen molar-refractivity contribution in [1.82, 2.24) is 14.8 Å². The van der Waals surface area contributed by atoms with Crippen molar-refractivity contribution >= 4 is 46.2 Å². The van der Waals surface area contributed by atoms with Gasteiger partial charge in [0.15, 0.2) is 5.13 Å². The monoisotopic (exact) mass is 476 g/mol. The van der Waals surface area contributed by atoms with Crippen molar-refractivity contribution in [2.45, 2.75) is 40.5 Å². The van der Waals surface area contributed by atoms with Gasteiger partial charge in [-0.15, -0.1) is 6.42 Å². The zero-order chi connectivity index (χ0) is 23.4. The molecule has 0 saturated carbocycles. The van der Waals surface area contributed by atoms with Gasteiger partial charge < -0.3 is 5.32 Å². The van der Waals surface area contributed by atoms with Gasteiger partial charge in [-0.25, -0.2) is 9.67 Å². The van der Waals surface area contributed by atoms with Crippen LogP contribution in [0.4, 0.5) is 5.13 Å². The van der Waals surface area contributed by atoms with Gasteiger partial charge in [0.2, 0.25) is 6.41 Å². The summed E-state index contributed by atoms with van der Waals surface area (Å²) in [4.78, 5) is 16.2. The second-order valence-electron chi connectivity index (χ2n) is 5.65. The summed E-state index contributed by atoms with van der Waals surface area (Å²) in [6, 6.07) is 7.49. The summed E-state index contributed by atoms with van der Waals surface area (Å²) < 4.78 is 1.79. The number of carbonyl (C=O) groups is 1. The molecule has 0 fully saturated rings. The van der Waals surface area contributed by atoms with Crippen LogP contribution < -0.4 is 5.32 Å². The molecule has 2 aromatic heterocycles. The topological polar surface area (TPSA) is 59.8 Å². The third-order valence-electron chi connectivity index (χ3n) is 3.91. The Morgan fingerprint density at radius 2 is 1.87 bits per heavy atom. The standard InChI is InChI=1S/C17H11ClN4OS.C2H6S.2C2H6/c1-2-12-10-7-8-13-16(24-17(20-13)19-9-23)15(10)22(21-12)14-6-4-3-5-11(14)18;1-3-2;2*1-2/h1,3-6,9H,7-8H2,(H,19,20,23);1-2H3;2*1-2H3. The maximum atomic E-state index is 10.7. The molecule has 0 aliphatic heterocycles. The molecule has 1 aromatic carbocycles. The highest BCUT2D eigenvalue weighted by Crippen LogP contribution is 2.42. The van der Waals surface area contributed by atoms with Crippen molar-refractivity contribution in [2.24, 2.45) is 0 Å². The van der Waals surface area contributed by atoms with Gasteiger partial charge in [0.1, 0.15) is 5.69 Å². The number of anilines is 1. The van der Waals surface area contributed by atoms with Crippen LogP contribution in [0.1, 0.15) is 44.6 Å². The van der Waals surface area contributed by atoms with Gasteiger partial charge in [-0.1, -0.05) is 62.8 Å². The van der Waals surface area contributed by atoms with Crippen molar-refractivity contribution in [3.8, 4) is 28.6 Å². The Morgan fingerprint density at radius 1 is 1.23 bits per heavy atom. The lowest BCUT2D eigenvalue weighted by Crippen LogP contribution is -2.06. The van der Waals surface area contributed by atoms with Crippen LogP contribution in [0.2, 0.25) is 5.02 Å². The molecule has 0 radical (unpaired) electrons. The highest BCUT2D eigenvalue weighted by atomic mass is 35.5. The second kappa shape index (κ2) is 13.9. The van der Waals surface area contributed by atoms with E-state index in [9.17, 15) is 4.79 Å². The lowest BCUT2D eigenvalue weighted by atomic mass is 9.97. The summed E-state index contributed by atoms with van der Waals surface area (Å²) in [7, 11) is 0. The Bertz CT molecular complexity index is 1020. The van der Waals surface area contributed by atoms with Gasteiger partial charge in [-0.2, -0.15) is 16.9 Å². The molecule has 8 heteroatoms. The fraction of sp³-hybridized carbons (Fsp3) is 0.348. The van der Waals surface area contributed by atoms with Crippen LogP contribution >= 0.6 is 34.7 Å². The SMILES string of the molecule is C#Cc1nn(-c2ccccc2Cl)c2c1CCc1nc(NC=O)sc1-2.CC.CC.CSC. The molecule has 166 valence electrons. The molecule has 1 aliphatic carbocycles. The lowest BCUT2D eigenvalue weighted by Gasteiger charge is -2.14. The maximum absolute atomic E-state index is 10.7. The van der Waals surface area contributed by atoms with E-state index in [0.717, 1.165) is 40.4 Å². The fourth-order valence-corrected chi connectivity index (χ4v) is 4.14. The maximum Gasteiger partial charge on any atom is 0.213 e. The summed E-state index contributed by atoms with van der Waals surface area (Å²) >= 11 is 9.52. The number of carbonyl (C=O) groups excluding carboxylic acids is 1. The minimum absolute atomic E-state index is 0.567. The largest absolute Gasteiger partial charge is 0.305 e. The first-order chi connectivity index (χ1) is 15.1. The minimum Gasteiger partial charge on any atom is -0.305 e. The van der Waals surface area contributed by atoms with Gasteiger partial charge in [0.05, 0.1) is 27.0 Å². The van der Waals surface area contributed by atoms with E-state index in [4.69, 9.17) is 18.0 Å². The zero-order valence-electron chi connectivity index (χ0n) is 18.8. The average molecular weight is 477 g/mol. The van der Waals surface area contributed by atoms with Crippen LogP contribution in [0.3, 0.4) is 0 Å². The second-order valence-corrected chi connectivity index (χ2v) is 7.87. The van der Waals surface area contributed by atoms with Crippen LogP contribution in [0.25, 0.3) is 16.3 Å². The number of para-hydroxylation sites is 1. The molecular weight excluding hydrogens is 448 g/mol. The lowest BCUT2D eigenvalue weighted by molar-refractivity contribution is -0.105. The van der Waals surface area contributed by atoms with Gasteiger partial charge in [0, 0.05) is 5.56 Å². The van der Waals surface area contributed by atoms with E-state index < -0.39 is 0 Å². The first-order valence-electron chi connectivity index (χ1n) is 10.1. The number of aromatic nitrogens is 3. The summed E-state index contributed by atoms with van der Waals surface area (Å²) in [5.74, 6) is 2.66. The summed E-state index contributed by atoms with van der Waals surface area (Å²) in [6.07, 6.45) is 11.9. The Kier molecular flexibility index (Phi) is 12.0. The van der Waals surface area contributed by atoms with Crippen molar-refractivity contribution in [3.63, 3.8) is 0 Å². The Labute approximate surface area is 198 Å². The van der Waals surface area contributed by atoms with E-state index in [-0.39, 0.29) is 0 Å². The quantitative estimate of drug-likeness (QED) is 0.354. The van der Waals surface area contributed by atoms with E-state index in [0.29, 0.717) is 22.3 Å². The number of thiazole rings is 1. The normalized spacial score (nSPS) is 10.4. The number of thioether (sulfide) groups is 1. The molecule has 0 atom stereocenters. The predicted octanol–water partition coefficient (Wildman–Crippen LogP) is 6.33.